The third-order valence-electron chi connectivity index (χ3n) is 2.36. The van der Waals surface area contributed by atoms with E-state index in [0.717, 1.165) is 6.54 Å². The molecule has 0 bridgehead atoms. The monoisotopic (exact) mass is 223 g/mol. The Kier molecular flexibility index (Phi) is 5.66. The molecule has 1 heterocycles. The van der Waals surface area contributed by atoms with Gasteiger partial charge in [-0.15, -0.1) is 11.3 Å². The third-order valence-corrected chi connectivity index (χ3v) is 3.23. The van der Waals surface area contributed by atoms with E-state index >= 15 is 0 Å². The van der Waals surface area contributed by atoms with Crippen LogP contribution in [0.15, 0.2) is 29.2 Å². The first kappa shape index (κ1) is 12.5. The first-order chi connectivity index (χ1) is 7.18. The van der Waals surface area contributed by atoms with Gasteiger partial charge in [0.2, 0.25) is 0 Å². The molecule has 84 valence electrons. The molecule has 15 heavy (non-hydrogen) atoms. The molecule has 0 aromatic carbocycles. The minimum absolute atomic E-state index is 0.600. The second kappa shape index (κ2) is 6.81. The normalized spacial score (nSPS) is 12.5. The zero-order valence-electron chi connectivity index (χ0n) is 9.92. The minimum Gasteiger partial charge on any atom is -0.309 e. The quantitative estimate of drug-likeness (QED) is 0.719. The molecular weight excluding hydrogens is 202 g/mol. The van der Waals surface area contributed by atoms with E-state index < -0.39 is 0 Å². The summed E-state index contributed by atoms with van der Waals surface area (Å²) in [5.41, 5.74) is 1.42. The second-order valence-electron chi connectivity index (χ2n) is 4.22. The van der Waals surface area contributed by atoms with E-state index in [1.165, 1.54) is 23.3 Å². The summed E-state index contributed by atoms with van der Waals surface area (Å²) in [5.74, 6) is 0. The maximum Gasteiger partial charge on any atom is 0.0302 e. The molecule has 1 N–H and O–H groups in total. The maximum absolute atomic E-state index is 3.54. The van der Waals surface area contributed by atoms with E-state index in [-0.39, 0.29) is 0 Å². The predicted molar refractivity (Wildman–Crippen MR) is 69.3 cm³/mol. The molecule has 0 aliphatic carbocycles. The fourth-order valence-corrected chi connectivity index (χ4v) is 2.07. The van der Waals surface area contributed by atoms with Crippen molar-refractivity contribution >= 4 is 11.3 Å². The molecule has 1 nitrogen and oxygen atoms in total. The summed E-state index contributed by atoms with van der Waals surface area (Å²) >= 11 is 1.82. The van der Waals surface area contributed by atoms with E-state index in [2.05, 4.69) is 49.7 Å². The van der Waals surface area contributed by atoms with Crippen molar-refractivity contribution in [1.29, 1.82) is 0 Å². The molecular formula is C13H21NS. The van der Waals surface area contributed by atoms with Gasteiger partial charge in [-0.05, 0) is 45.1 Å². The summed E-state index contributed by atoms with van der Waals surface area (Å²) in [6, 6.07) is 4.89. The Morgan fingerprint density at radius 2 is 2.33 bits per heavy atom. The van der Waals surface area contributed by atoms with Gasteiger partial charge in [-0.1, -0.05) is 17.7 Å². The van der Waals surface area contributed by atoms with E-state index in [9.17, 15) is 0 Å². The smallest absolute Gasteiger partial charge is 0.0302 e. The van der Waals surface area contributed by atoms with Crippen LogP contribution in [0.5, 0.6) is 0 Å². The van der Waals surface area contributed by atoms with Gasteiger partial charge in [-0.25, -0.2) is 0 Å². The van der Waals surface area contributed by atoms with Crippen LogP contribution in [0.2, 0.25) is 0 Å². The van der Waals surface area contributed by atoms with Gasteiger partial charge in [0.05, 0.1) is 0 Å². The Morgan fingerprint density at radius 3 is 2.93 bits per heavy atom. The maximum atomic E-state index is 3.54. The van der Waals surface area contributed by atoms with Crippen LogP contribution in [-0.2, 0) is 6.54 Å². The molecule has 0 radical (unpaired) electrons. The van der Waals surface area contributed by atoms with E-state index in [4.69, 9.17) is 0 Å². The highest BCUT2D eigenvalue weighted by Gasteiger charge is 2.00. The van der Waals surface area contributed by atoms with Gasteiger partial charge in [0.25, 0.3) is 0 Å². The lowest BCUT2D eigenvalue weighted by atomic mass is 10.1. The summed E-state index contributed by atoms with van der Waals surface area (Å²) in [6.07, 6.45) is 4.71. The molecule has 0 saturated heterocycles. The number of hydrogen-bond donors (Lipinski definition) is 1. The third kappa shape index (κ3) is 5.75. The fourth-order valence-electron chi connectivity index (χ4n) is 1.41. The van der Waals surface area contributed by atoms with Gasteiger partial charge >= 0.3 is 0 Å². The van der Waals surface area contributed by atoms with Crippen LogP contribution in [0.3, 0.4) is 0 Å². The Morgan fingerprint density at radius 1 is 1.53 bits per heavy atom. The average molecular weight is 223 g/mol. The first-order valence-corrected chi connectivity index (χ1v) is 6.45. The molecule has 1 rings (SSSR count). The molecule has 0 aliphatic rings. The van der Waals surface area contributed by atoms with Crippen LogP contribution < -0.4 is 5.32 Å². The van der Waals surface area contributed by atoms with Crippen LogP contribution in [0.4, 0.5) is 0 Å². The van der Waals surface area contributed by atoms with Crippen molar-refractivity contribution < 1.29 is 0 Å². The lowest BCUT2D eigenvalue weighted by molar-refractivity contribution is 0.520. The number of hydrogen-bond acceptors (Lipinski definition) is 2. The number of allylic oxidation sites excluding steroid dienone is 2. The molecule has 2 heteroatoms. The second-order valence-corrected chi connectivity index (χ2v) is 5.25. The average Bonchev–Trinajstić information content (AvgIpc) is 2.66. The molecule has 0 saturated carbocycles. The zero-order valence-corrected chi connectivity index (χ0v) is 10.7. The Bertz CT molecular complexity index is 283. The van der Waals surface area contributed by atoms with Gasteiger partial charge in [-0.2, -0.15) is 0 Å². The van der Waals surface area contributed by atoms with Crippen LogP contribution in [-0.4, -0.2) is 6.04 Å². The lowest BCUT2D eigenvalue weighted by Gasteiger charge is -2.11. The van der Waals surface area contributed by atoms with Crippen molar-refractivity contribution in [1.82, 2.24) is 5.32 Å². The summed E-state index contributed by atoms with van der Waals surface area (Å²) in [5, 5.41) is 5.67. The van der Waals surface area contributed by atoms with E-state index in [0.29, 0.717) is 6.04 Å². The standard InChI is InChI=1S/C13H21NS/c1-11(2)6-4-7-12(3)14-10-13-8-5-9-15-13/h5-6,8-9,12,14H,4,7,10H2,1-3H3. The number of nitrogens with one attached hydrogen (secondary N) is 1. The van der Waals surface area contributed by atoms with Crippen molar-refractivity contribution in [2.24, 2.45) is 0 Å². The van der Waals surface area contributed by atoms with Gasteiger partial charge in [0.1, 0.15) is 0 Å². The minimum atomic E-state index is 0.600. The molecule has 0 aliphatic heterocycles. The SMILES string of the molecule is CC(C)=CCCC(C)NCc1cccs1. The molecule has 1 atom stereocenters. The Labute approximate surface area is 97.2 Å². The molecule has 0 amide bonds. The molecule has 0 spiro atoms. The van der Waals surface area contributed by atoms with E-state index in [1.54, 1.807) is 0 Å². The van der Waals surface area contributed by atoms with Crippen molar-refractivity contribution in [2.75, 3.05) is 0 Å². The van der Waals surface area contributed by atoms with Crippen molar-refractivity contribution in [3.05, 3.63) is 34.0 Å². The lowest BCUT2D eigenvalue weighted by Crippen LogP contribution is -2.24. The van der Waals surface area contributed by atoms with Gasteiger partial charge < -0.3 is 5.32 Å². The van der Waals surface area contributed by atoms with Gasteiger partial charge in [0.15, 0.2) is 0 Å². The van der Waals surface area contributed by atoms with Crippen LogP contribution in [0.1, 0.15) is 38.5 Å². The van der Waals surface area contributed by atoms with Gasteiger partial charge in [0, 0.05) is 17.5 Å². The highest BCUT2D eigenvalue weighted by atomic mass is 32.1. The van der Waals surface area contributed by atoms with Crippen LogP contribution in [0.25, 0.3) is 0 Å². The van der Waals surface area contributed by atoms with Crippen LogP contribution >= 0.6 is 11.3 Å². The highest BCUT2D eigenvalue weighted by Crippen LogP contribution is 2.09. The topological polar surface area (TPSA) is 12.0 Å². The molecule has 0 fully saturated rings. The summed E-state index contributed by atoms with van der Waals surface area (Å²) in [4.78, 5) is 1.42. The highest BCUT2D eigenvalue weighted by molar-refractivity contribution is 7.09. The summed E-state index contributed by atoms with van der Waals surface area (Å²) in [6.45, 7) is 7.58. The number of rotatable bonds is 6. The first-order valence-electron chi connectivity index (χ1n) is 5.57. The molecule has 1 aromatic heterocycles. The summed E-state index contributed by atoms with van der Waals surface area (Å²) < 4.78 is 0. The van der Waals surface area contributed by atoms with Crippen molar-refractivity contribution in [3.63, 3.8) is 0 Å². The van der Waals surface area contributed by atoms with Gasteiger partial charge in [-0.3, -0.25) is 0 Å². The zero-order chi connectivity index (χ0) is 11.1. The van der Waals surface area contributed by atoms with Crippen molar-refractivity contribution in [3.8, 4) is 0 Å². The largest absolute Gasteiger partial charge is 0.309 e. The Hall–Kier alpha value is -0.600. The fraction of sp³-hybridized carbons (Fsp3) is 0.538. The predicted octanol–water partition coefficient (Wildman–Crippen LogP) is 3.97. The summed E-state index contributed by atoms with van der Waals surface area (Å²) in [7, 11) is 0. The van der Waals surface area contributed by atoms with Crippen LogP contribution in [0, 0.1) is 0 Å². The number of thiophene rings is 1. The van der Waals surface area contributed by atoms with E-state index in [1.807, 2.05) is 11.3 Å². The molecule has 1 unspecified atom stereocenters. The van der Waals surface area contributed by atoms with Crippen molar-refractivity contribution in [2.45, 2.75) is 46.2 Å². The molecule has 1 aromatic rings. The Balaban J connectivity index is 2.14.